The zero-order valence-corrected chi connectivity index (χ0v) is 26.7. The first-order valence-electron chi connectivity index (χ1n) is 16.5. The van der Waals surface area contributed by atoms with Gasteiger partial charge in [-0.05, 0) is 76.3 Å². The second-order valence-corrected chi connectivity index (χ2v) is 15.1. The maximum atomic E-state index is 14.2. The largest absolute Gasteiger partial charge is 0.488 e. The summed E-state index contributed by atoms with van der Waals surface area (Å²) in [4.78, 5) is 60.1. The Balaban J connectivity index is 1.25. The van der Waals surface area contributed by atoms with Crippen molar-refractivity contribution in [1.82, 2.24) is 25.2 Å². The SMILES string of the molecule is O=C(N[C@H]1CCCCC/C=C/[C@@H]2C[C@@]2(C(=O)NS(=O)(=O)C2CC2)NC(=O)[C@@H]2C[C@@H](Oc3ccncc3)CN2C1=O)OC1CCCC1. The highest BCUT2D eigenvalue weighted by Crippen LogP contribution is 2.46. The molecule has 14 heteroatoms. The third kappa shape index (κ3) is 7.48. The number of pyridine rings is 1. The fourth-order valence-corrected chi connectivity index (χ4v) is 8.15. The Morgan fingerprint density at radius 3 is 2.46 bits per heavy atom. The van der Waals surface area contributed by atoms with E-state index in [1.165, 1.54) is 4.90 Å². The van der Waals surface area contributed by atoms with Crippen molar-refractivity contribution in [3.63, 3.8) is 0 Å². The summed E-state index contributed by atoms with van der Waals surface area (Å²) in [5, 5.41) is 5.05. The smallest absolute Gasteiger partial charge is 0.408 e. The molecule has 0 unspecified atom stereocenters. The Morgan fingerprint density at radius 1 is 0.978 bits per heavy atom. The van der Waals surface area contributed by atoms with Crippen molar-refractivity contribution >= 4 is 33.8 Å². The second kappa shape index (κ2) is 13.6. The van der Waals surface area contributed by atoms with Crippen molar-refractivity contribution in [3.05, 3.63) is 36.7 Å². The average Bonchev–Trinajstić information content (AvgIpc) is 3.90. The van der Waals surface area contributed by atoms with Crippen LogP contribution in [0.25, 0.3) is 0 Å². The topological polar surface area (TPSA) is 173 Å². The monoisotopic (exact) mass is 657 g/mol. The predicted octanol–water partition coefficient (Wildman–Crippen LogP) is 2.47. The molecule has 46 heavy (non-hydrogen) atoms. The van der Waals surface area contributed by atoms with Gasteiger partial charge < -0.3 is 25.0 Å². The van der Waals surface area contributed by atoms with Gasteiger partial charge in [0.1, 0.15) is 35.6 Å². The van der Waals surface area contributed by atoms with Gasteiger partial charge in [-0.3, -0.25) is 24.1 Å². The molecule has 3 aliphatic carbocycles. The minimum atomic E-state index is -3.84. The highest BCUT2D eigenvalue weighted by atomic mass is 32.2. The first-order valence-corrected chi connectivity index (χ1v) is 18.1. The quantitative estimate of drug-likeness (QED) is 0.373. The third-order valence-corrected chi connectivity index (χ3v) is 11.5. The number of carbonyl (C=O) groups excluding carboxylic acids is 4. The normalized spacial score (nSPS) is 31.3. The molecule has 1 aromatic rings. The van der Waals surface area contributed by atoms with Gasteiger partial charge in [0.15, 0.2) is 0 Å². The standard InChI is InChI=1S/C32H43N5O8S/c38-28-27-18-24(44-23-14-16-33-17-15-23)20-37(27)29(39)26(34-31(41)45-22-9-6-7-10-22)11-5-3-1-2-4-8-21-19-32(21,35-28)30(40)36-46(42,43)25-12-13-25/h4,8,14-17,21-22,24-27H,1-3,5-7,9-13,18-20H2,(H,34,41)(H,35,38)(H,36,40)/b8-4+/t21-,24-,26+,27+,32-/m1/s1. The number of rotatable bonds is 7. The van der Waals surface area contributed by atoms with Crippen LogP contribution in [0.2, 0.25) is 0 Å². The minimum Gasteiger partial charge on any atom is -0.488 e. The van der Waals surface area contributed by atoms with Crippen LogP contribution in [0.4, 0.5) is 4.79 Å². The summed E-state index contributed by atoms with van der Waals surface area (Å²) in [5.74, 6) is -1.63. The number of ether oxygens (including phenoxy) is 2. The van der Waals surface area contributed by atoms with Gasteiger partial charge in [0.2, 0.25) is 21.8 Å². The first kappa shape index (κ1) is 32.3. The molecule has 3 saturated carbocycles. The van der Waals surface area contributed by atoms with Crippen LogP contribution in [0.15, 0.2) is 36.7 Å². The first-order chi connectivity index (χ1) is 22.1. The number of carbonyl (C=O) groups is 4. The Bertz CT molecular complexity index is 1450. The van der Waals surface area contributed by atoms with Crippen molar-refractivity contribution in [2.75, 3.05) is 6.54 Å². The van der Waals surface area contributed by atoms with E-state index < -0.39 is 62.8 Å². The van der Waals surface area contributed by atoms with E-state index in [2.05, 4.69) is 20.3 Å². The maximum absolute atomic E-state index is 14.2. The number of alkyl carbamates (subject to hydrolysis) is 1. The van der Waals surface area contributed by atoms with Crippen molar-refractivity contribution < 1.29 is 37.1 Å². The molecule has 4 fully saturated rings. The summed E-state index contributed by atoms with van der Waals surface area (Å²) in [6.07, 6.45) is 13.9. The molecule has 1 saturated heterocycles. The van der Waals surface area contributed by atoms with Crippen LogP contribution in [-0.4, -0.2) is 83.7 Å². The number of nitrogens with one attached hydrogen (secondary N) is 3. The lowest BCUT2D eigenvalue weighted by atomic mass is 10.0. The van der Waals surface area contributed by atoms with Crippen molar-refractivity contribution in [1.29, 1.82) is 0 Å². The minimum absolute atomic E-state index is 0.0771. The number of hydrogen-bond acceptors (Lipinski definition) is 9. The van der Waals surface area contributed by atoms with E-state index in [9.17, 15) is 27.6 Å². The molecule has 4 amide bonds. The number of allylic oxidation sites excluding steroid dienone is 1. The van der Waals surface area contributed by atoms with E-state index in [0.29, 0.717) is 31.4 Å². The molecule has 0 radical (unpaired) electrons. The summed E-state index contributed by atoms with van der Waals surface area (Å²) in [7, 11) is -3.84. The molecule has 0 aromatic carbocycles. The molecular formula is C32H43N5O8S. The van der Waals surface area contributed by atoms with E-state index in [4.69, 9.17) is 9.47 Å². The summed E-state index contributed by atoms with van der Waals surface area (Å²) in [6.45, 7) is 0.0771. The van der Waals surface area contributed by atoms with Gasteiger partial charge in [-0.15, -0.1) is 0 Å². The fourth-order valence-electron chi connectivity index (χ4n) is 6.79. The molecule has 5 atom stereocenters. The number of hydrogen-bond donors (Lipinski definition) is 3. The van der Waals surface area contributed by atoms with Crippen LogP contribution < -0.4 is 20.1 Å². The van der Waals surface area contributed by atoms with Crippen LogP contribution in [0.1, 0.15) is 83.5 Å². The van der Waals surface area contributed by atoms with E-state index in [0.717, 1.165) is 44.9 Å². The van der Waals surface area contributed by atoms with Gasteiger partial charge in [0.05, 0.1) is 11.8 Å². The van der Waals surface area contributed by atoms with E-state index in [-0.39, 0.29) is 31.4 Å². The van der Waals surface area contributed by atoms with Crippen LogP contribution >= 0.6 is 0 Å². The van der Waals surface area contributed by atoms with E-state index >= 15 is 0 Å². The van der Waals surface area contributed by atoms with Crippen LogP contribution in [0.3, 0.4) is 0 Å². The van der Waals surface area contributed by atoms with Gasteiger partial charge in [0, 0.05) is 24.7 Å². The summed E-state index contributed by atoms with van der Waals surface area (Å²) < 4.78 is 39.3. The molecule has 0 spiro atoms. The van der Waals surface area contributed by atoms with Crippen LogP contribution in [0, 0.1) is 5.92 Å². The predicted molar refractivity (Wildman–Crippen MR) is 166 cm³/mol. The lowest BCUT2D eigenvalue weighted by molar-refractivity contribution is -0.141. The number of fused-ring (bicyclic) bond motifs is 2. The third-order valence-electron chi connectivity index (χ3n) is 9.66. The zero-order chi connectivity index (χ0) is 32.3. The van der Waals surface area contributed by atoms with E-state index in [1.54, 1.807) is 24.5 Å². The Hall–Kier alpha value is -3.68. The molecule has 3 N–H and O–H groups in total. The lowest BCUT2D eigenvalue weighted by Crippen LogP contribution is -2.58. The van der Waals surface area contributed by atoms with Gasteiger partial charge in [-0.2, -0.15) is 0 Å². The molecular weight excluding hydrogens is 614 g/mol. The van der Waals surface area contributed by atoms with Crippen molar-refractivity contribution in [2.45, 2.75) is 119 Å². The van der Waals surface area contributed by atoms with Crippen molar-refractivity contribution in [2.24, 2.45) is 5.92 Å². The lowest BCUT2D eigenvalue weighted by Gasteiger charge is -2.30. The van der Waals surface area contributed by atoms with Gasteiger partial charge in [-0.1, -0.05) is 25.0 Å². The molecule has 2 aliphatic heterocycles. The highest BCUT2D eigenvalue weighted by Gasteiger charge is 2.62. The van der Waals surface area contributed by atoms with Crippen LogP contribution in [0.5, 0.6) is 5.75 Å². The fraction of sp³-hybridized carbons (Fsp3) is 0.656. The molecule has 13 nitrogen and oxygen atoms in total. The molecule has 5 aliphatic rings. The molecule has 6 rings (SSSR count). The summed E-state index contributed by atoms with van der Waals surface area (Å²) >= 11 is 0. The Labute approximate surface area is 269 Å². The summed E-state index contributed by atoms with van der Waals surface area (Å²) in [5.41, 5.74) is -1.45. The summed E-state index contributed by atoms with van der Waals surface area (Å²) in [6, 6.07) is 1.43. The highest BCUT2D eigenvalue weighted by molar-refractivity contribution is 7.91. The van der Waals surface area contributed by atoms with Crippen molar-refractivity contribution in [3.8, 4) is 5.75 Å². The van der Waals surface area contributed by atoms with Gasteiger partial charge >= 0.3 is 6.09 Å². The molecule has 3 heterocycles. The second-order valence-electron chi connectivity index (χ2n) is 13.2. The number of aromatic nitrogens is 1. The Morgan fingerprint density at radius 2 is 1.72 bits per heavy atom. The number of nitrogens with zero attached hydrogens (tertiary/aromatic N) is 2. The van der Waals surface area contributed by atoms with Gasteiger partial charge in [0.25, 0.3) is 5.91 Å². The van der Waals surface area contributed by atoms with E-state index in [1.807, 2.05) is 12.2 Å². The number of sulfonamides is 1. The molecule has 1 aromatic heterocycles. The van der Waals surface area contributed by atoms with Gasteiger partial charge in [-0.25, -0.2) is 13.2 Å². The maximum Gasteiger partial charge on any atom is 0.408 e. The molecule has 250 valence electrons. The average molecular weight is 658 g/mol. The molecule has 0 bridgehead atoms. The number of amides is 4. The Kier molecular flexibility index (Phi) is 9.53. The zero-order valence-electron chi connectivity index (χ0n) is 25.9. The van der Waals surface area contributed by atoms with Crippen LogP contribution in [-0.2, 0) is 29.1 Å².